The molecule has 0 spiro atoms. The molecule has 11 aromatic rings. The van der Waals surface area contributed by atoms with E-state index in [-0.39, 0.29) is 0 Å². The number of anilines is 3. The van der Waals surface area contributed by atoms with Gasteiger partial charge in [0.1, 0.15) is 0 Å². The fraction of sp³-hybridized carbons (Fsp3) is 0. The van der Waals surface area contributed by atoms with Crippen molar-refractivity contribution in [1.82, 2.24) is 0 Å². The predicted molar refractivity (Wildman–Crippen MR) is 241 cm³/mol. The molecule has 9 aromatic carbocycles. The Morgan fingerprint density at radius 1 is 0.309 bits per heavy atom. The van der Waals surface area contributed by atoms with Crippen molar-refractivity contribution in [2.75, 3.05) is 4.90 Å². The Labute approximate surface area is 327 Å². The third kappa shape index (κ3) is 5.51. The molecule has 0 N–H and O–H groups in total. The van der Waals surface area contributed by atoms with Crippen LogP contribution < -0.4 is 4.90 Å². The molecule has 0 saturated heterocycles. The zero-order chi connectivity index (χ0) is 36.3. The zero-order valence-electron chi connectivity index (χ0n) is 29.8. The van der Waals surface area contributed by atoms with E-state index in [0.717, 1.165) is 11.4 Å². The van der Waals surface area contributed by atoms with E-state index in [1.54, 1.807) is 0 Å². The van der Waals surface area contributed by atoms with Crippen LogP contribution in [0, 0.1) is 0 Å². The molecule has 2 heterocycles. The van der Waals surface area contributed by atoms with Gasteiger partial charge >= 0.3 is 0 Å². The van der Waals surface area contributed by atoms with Gasteiger partial charge in [0.05, 0.1) is 5.69 Å². The van der Waals surface area contributed by atoms with E-state index in [4.69, 9.17) is 0 Å². The molecule has 3 heteroatoms. The number of thiophene rings is 2. The van der Waals surface area contributed by atoms with Gasteiger partial charge in [0.15, 0.2) is 0 Å². The molecule has 0 amide bonds. The first-order valence-corrected chi connectivity index (χ1v) is 20.3. The Morgan fingerprint density at radius 2 is 0.836 bits per heavy atom. The lowest BCUT2D eigenvalue weighted by atomic mass is 9.95. The Morgan fingerprint density at radius 3 is 1.62 bits per heavy atom. The van der Waals surface area contributed by atoms with E-state index in [1.165, 1.54) is 90.2 Å². The molecule has 0 radical (unpaired) electrons. The van der Waals surface area contributed by atoms with Crippen LogP contribution in [0.5, 0.6) is 0 Å². The van der Waals surface area contributed by atoms with Crippen LogP contribution in [0.2, 0.25) is 0 Å². The Hall–Kier alpha value is -6.52. The number of benzene rings is 9. The Balaban J connectivity index is 1.01. The molecule has 0 aliphatic rings. The molecule has 0 aliphatic carbocycles. The molecule has 0 unspecified atom stereocenters. The van der Waals surface area contributed by atoms with Gasteiger partial charge in [-0.1, -0.05) is 140 Å². The van der Waals surface area contributed by atoms with E-state index in [1.807, 2.05) is 22.7 Å². The van der Waals surface area contributed by atoms with Crippen molar-refractivity contribution in [3.8, 4) is 33.4 Å². The summed E-state index contributed by atoms with van der Waals surface area (Å²) in [5.74, 6) is 0. The number of nitrogens with zero attached hydrogens (tertiary/aromatic N) is 1. The summed E-state index contributed by atoms with van der Waals surface area (Å²) in [7, 11) is 0. The second kappa shape index (κ2) is 13.1. The number of hydrogen-bond acceptors (Lipinski definition) is 3. The van der Waals surface area contributed by atoms with Crippen molar-refractivity contribution >= 4 is 90.9 Å². The average Bonchev–Trinajstić information content (AvgIpc) is 3.83. The maximum absolute atomic E-state index is 2.43. The fourth-order valence-corrected chi connectivity index (χ4v) is 10.5. The van der Waals surface area contributed by atoms with Crippen LogP contribution in [0.4, 0.5) is 17.1 Å². The fourth-order valence-electron chi connectivity index (χ4n) is 8.22. The third-order valence-electron chi connectivity index (χ3n) is 10.9. The highest BCUT2D eigenvalue weighted by molar-refractivity contribution is 7.26. The average molecular weight is 736 g/mol. The first-order chi connectivity index (χ1) is 27.2. The van der Waals surface area contributed by atoms with Crippen molar-refractivity contribution in [3.63, 3.8) is 0 Å². The van der Waals surface area contributed by atoms with Crippen LogP contribution in [0.15, 0.2) is 200 Å². The number of hydrogen-bond donors (Lipinski definition) is 0. The summed E-state index contributed by atoms with van der Waals surface area (Å²) in [6.45, 7) is 0. The topological polar surface area (TPSA) is 3.24 Å². The SMILES string of the molecule is c1cc(-c2ccc(N(c3ccc(-c4ccc5c(c4)sc4ccccc45)cc3)c3cccc4sc5ccccc5c34)cc2)cc(-c2cccc3ccccc23)c1. The van der Waals surface area contributed by atoms with Gasteiger partial charge in [-0.05, 0) is 105 Å². The van der Waals surface area contributed by atoms with Crippen LogP contribution >= 0.6 is 22.7 Å². The van der Waals surface area contributed by atoms with Crippen molar-refractivity contribution in [2.45, 2.75) is 0 Å². The van der Waals surface area contributed by atoms with Gasteiger partial charge in [0.25, 0.3) is 0 Å². The van der Waals surface area contributed by atoms with E-state index < -0.39 is 0 Å². The maximum atomic E-state index is 2.43. The minimum atomic E-state index is 1.12. The van der Waals surface area contributed by atoms with Crippen LogP contribution in [0.1, 0.15) is 0 Å². The van der Waals surface area contributed by atoms with Crippen molar-refractivity contribution < 1.29 is 0 Å². The highest BCUT2D eigenvalue weighted by atomic mass is 32.1. The molecule has 11 rings (SSSR count). The van der Waals surface area contributed by atoms with Gasteiger partial charge in [-0.2, -0.15) is 0 Å². The zero-order valence-corrected chi connectivity index (χ0v) is 31.4. The molecule has 0 aliphatic heterocycles. The lowest BCUT2D eigenvalue weighted by Crippen LogP contribution is -2.10. The summed E-state index contributed by atoms with van der Waals surface area (Å²) < 4.78 is 5.25. The Bertz CT molecular complexity index is 3200. The summed E-state index contributed by atoms with van der Waals surface area (Å²) in [4.78, 5) is 2.43. The maximum Gasteiger partial charge on any atom is 0.0554 e. The molecule has 2 aromatic heterocycles. The summed E-state index contributed by atoms with van der Waals surface area (Å²) in [6.07, 6.45) is 0. The van der Waals surface area contributed by atoms with Gasteiger partial charge in [0.2, 0.25) is 0 Å². The Kier molecular flexibility index (Phi) is 7.61. The van der Waals surface area contributed by atoms with Gasteiger partial charge in [-0.25, -0.2) is 0 Å². The van der Waals surface area contributed by atoms with E-state index in [2.05, 4.69) is 205 Å². The highest BCUT2D eigenvalue weighted by Gasteiger charge is 2.19. The smallest absolute Gasteiger partial charge is 0.0554 e. The first kappa shape index (κ1) is 32.0. The molecule has 0 bridgehead atoms. The van der Waals surface area contributed by atoms with Crippen LogP contribution in [0.25, 0.3) is 84.5 Å². The van der Waals surface area contributed by atoms with Gasteiger partial charge in [-0.15, -0.1) is 22.7 Å². The molecule has 55 heavy (non-hydrogen) atoms. The highest BCUT2D eigenvalue weighted by Crippen LogP contribution is 2.46. The first-order valence-electron chi connectivity index (χ1n) is 18.7. The van der Waals surface area contributed by atoms with Crippen LogP contribution in [-0.2, 0) is 0 Å². The van der Waals surface area contributed by atoms with Crippen molar-refractivity contribution in [1.29, 1.82) is 0 Å². The second-order valence-electron chi connectivity index (χ2n) is 14.1. The number of rotatable bonds is 6. The molecular formula is C52H33NS2. The lowest BCUT2D eigenvalue weighted by molar-refractivity contribution is 1.30. The monoisotopic (exact) mass is 735 g/mol. The van der Waals surface area contributed by atoms with Gasteiger partial charge < -0.3 is 4.90 Å². The summed E-state index contributed by atoms with van der Waals surface area (Å²) in [5.41, 5.74) is 10.7. The minimum Gasteiger partial charge on any atom is -0.310 e. The van der Waals surface area contributed by atoms with E-state index in [9.17, 15) is 0 Å². The quantitative estimate of drug-likeness (QED) is 0.164. The molecule has 0 fully saturated rings. The summed E-state index contributed by atoms with van der Waals surface area (Å²) >= 11 is 3.73. The molecule has 0 saturated carbocycles. The molecule has 0 atom stereocenters. The van der Waals surface area contributed by atoms with Crippen molar-refractivity contribution in [2.24, 2.45) is 0 Å². The normalized spacial score (nSPS) is 11.6. The van der Waals surface area contributed by atoms with Gasteiger partial charge in [0, 0.05) is 51.7 Å². The largest absolute Gasteiger partial charge is 0.310 e. The summed E-state index contributed by atoms with van der Waals surface area (Å²) in [5, 5.41) is 7.77. The molecule has 1 nitrogen and oxygen atoms in total. The molecular weight excluding hydrogens is 703 g/mol. The number of fused-ring (bicyclic) bond motifs is 7. The summed E-state index contributed by atoms with van der Waals surface area (Å²) in [6, 6.07) is 73.4. The molecule has 258 valence electrons. The van der Waals surface area contributed by atoms with E-state index in [0.29, 0.717) is 0 Å². The predicted octanol–water partition coefficient (Wildman–Crippen LogP) is 16.0. The lowest BCUT2D eigenvalue weighted by Gasteiger charge is -2.27. The standard InChI is InChI=1S/C52H33NS2/c1-2-14-42-36(10-1)11-8-17-43(42)39-13-7-12-37(32-39)34-22-27-40(28-23-34)53(47-18-9-21-50-52(47)46-16-4-6-20-49(46)54-50)41-29-24-35(25-30-41)38-26-31-45-44-15-3-5-19-48(44)55-51(45)33-38/h1-33H. The van der Waals surface area contributed by atoms with Crippen molar-refractivity contribution in [3.05, 3.63) is 200 Å². The second-order valence-corrected chi connectivity index (χ2v) is 16.3. The van der Waals surface area contributed by atoms with Gasteiger partial charge in [-0.3, -0.25) is 0 Å². The third-order valence-corrected chi connectivity index (χ3v) is 13.2. The minimum absolute atomic E-state index is 1.12. The van der Waals surface area contributed by atoms with E-state index >= 15 is 0 Å². The van der Waals surface area contributed by atoms with Crippen LogP contribution in [-0.4, -0.2) is 0 Å². The van der Waals surface area contributed by atoms with Crippen LogP contribution in [0.3, 0.4) is 0 Å².